The molecule has 1 aliphatic heterocycles. The van der Waals surface area contributed by atoms with Crippen molar-refractivity contribution in [2.24, 2.45) is 0 Å². The predicted octanol–water partition coefficient (Wildman–Crippen LogP) is 3.93. The zero-order chi connectivity index (χ0) is 23.9. The standard InChI is InChI=1S/C24H20F3N5O2/c25-24(26,27)21-8-7-19-18(30-21)10-20(32(19)12-15-4-2-1-3-5-15)23(34)29-16-6-9-22(28-11-16)31-13-17(33)14-31/h1-11,17,33H,12-14H2,(H,29,34). The van der Waals surface area contributed by atoms with Crippen molar-refractivity contribution < 1.29 is 23.1 Å². The van der Waals surface area contributed by atoms with E-state index in [1.165, 1.54) is 18.3 Å². The second kappa shape index (κ2) is 8.45. The zero-order valence-electron chi connectivity index (χ0n) is 17.8. The maximum atomic E-state index is 13.2. The van der Waals surface area contributed by atoms with E-state index in [0.717, 1.165) is 11.6 Å². The number of carbonyl (C=O) groups is 1. The number of anilines is 2. The van der Waals surface area contributed by atoms with Crippen LogP contribution in [0, 0.1) is 0 Å². The minimum absolute atomic E-state index is 0.0840. The lowest BCUT2D eigenvalue weighted by molar-refractivity contribution is -0.140. The van der Waals surface area contributed by atoms with Gasteiger partial charge in [0.25, 0.3) is 5.91 Å². The van der Waals surface area contributed by atoms with Crippen LogP contribution in [0.25, 0.3) is 11.0 Å². The van der Waals surface area contributed by atoms with Crippen LogP contribution in [0.15, 0.2) is 66.9 Å². The monoisotopic (exact) mass is 467 g/mol. The molecule has 10 heteroatoms. The molecule has 3 aromatic heterocycles. The normalized spacial score (nSPS) is 14.3. The topological polar surface area (TPSA) is 83.3 Å². The molecule has 1 saturated heterocycles. The summed E-state index contributed by atoms with van der Waals surface area (Å²) in [6, 6.07) is 16.4. The van der Waals surface area contributed by atoms with E-state index in [-0.39, 0.29) is 23.9 Å². The summed E-state index contributed by atoms with van der Waals surface area (Å²) in [6.45, 7) is 1.30. The van der Waals surface area contributed by atoms with Crippen LogP contribution >= 0.6 is 0 Å². The molecule has 1 aromatic carbocycles. The highest BCUT2D eigenvalue weighted by Crippen LogP contribution is 2.30. The van der Waals surface area contributed by atoms with Gasteiger partial charge in [-0.15, -0.1) is 0 Å². The van der Waals surface area contributed by atoms with E-state index in [1.807, 2.05) is 35.2 Å². The van der Waals surface area contributed by atoms with Crippen LogP contribution < -0.4 is 10.2 Å². The summed E-state index contributed by atoms with van der Waals surface area (Å²) in [5.41, 5.74) is 1.000. The molecule has 4 aromatic rings. The Labute approximate surface area is 192 Å². The number of aliphatic hydroxyl groups excluding tert-OH is 1. The van der Waals surface area contributed by atoms with Crippen molar-refractivity contribution in [3.05, 3.63) is 83.8 Å². The van der Waals surface area contributed by atoms with E-state index in [0.29, 0.717) is 30.1 Å². The highest BCUT2D eigenvalue weighted by molar-refractivity contribution is 6.06. The number of hydrogen-bond donors (Lipinski definition) is 2. The Balaban J connectivity index is 1.46. The molecule has 1 amide bonds. The fourth-order valence-electron chi connectivity index (χ4n) is 3.91. The highest BCUT2D eigenvalue weighted by Gasteiger charge is 2.33. The first-order chi connectivity index (χ1) is 16.3. The van der Waals surface area contributed by atoms with Crippen LogP contribution in [0.2, 0.25) is 0 Å². The second-order valence-corrected chi connectivity index (χ2v) is 8.12. The molecule has 2 N–H and O–H groups in total. The average Bonchev–Trinajstić information content (AvgIpc) is 3.15. The van der Waals surface area contributed by atoms with E-state index in [9.17, 15) is 23.1 Å². The molecule has 0 unspecified atom stereocenters. The van der Waals surface area contributed by atoms with Gasteiger partial charge < -0.3 is 19.9 Å². The third kappa shape index (κ3) is 4.32. The molecule has 0 spiro atoms. The Morgan fingerprint density at radius 2 is 1.85 bits per heavy atom. The summed E-state index contributed by atoms with van der Waals surface area (Å²) in [5, 5.41) is 12.2. The maximum absolute atomic E-state index is 13.2. The van der Waals surface area contributed by atoms with Crippen molar-refractivity contribution in [3.63, 3.8) is 0 Å². The number of halogens is 3. The molecule has 1 fully saturated rings. The van der Waals surface area contributed by atoms with Crippen molar-refractivity contribution >= 4 is 28.4 Å². The van der Waals surface area contributed by atoms with Gasteiger partial charge in [0, 0.05) is 19.6 Å². The van der Waals surface area contributed by atoms with Gasteiger partial charge in [-0.05, 0) is 35.9 Å². The number of nitrogens with zero attached hydrogens (tertiary/aromatic N) is 4. The third-order valence-electron chi connectivity index (χ3n) is 5.66. The number of aromatic nitrogens is 3. The van der Waals surface area contributed by atoms with Crippen molar-refractivity contribution in [3.8, 4) is 0 Å². The van der Waals surface area contributed by atoms with Crippen LogP contribution in [-0.2, 0) is 12.7 Å². The van der Waals surface area contributed by atoms with Gasteiger partial charge in [0.15, 0.2) is 0 Å². The van der Waals surface area contributed by atoms with E-state index in [4.69, 9.17) is 0 Å². The number of carbonyl (C=O) groups excluding carboxylic acids is 1. The van der Waals surface area contributed by atoms with Crippen LogP contribution in [0.3, 0.4) is 0 Å². The number of nitrogens with one attached hydrogen (secondary N) is 1. The highest BCUT2D eigenvalue weighted by atomic mass is 19.4. The van der Waals surface area contributed by atoms with Crippen molar-refractivity contribution in [2.75, 3.05) is 23.3 Å². The van der Waals surface area contributed by atoms with Crippen LogP contribution in [0.4, 0.5) is 24.7 Å². The molecule has 7 nitrogen and oxygen atoms in total. The molecule has 5 rings (SSSR count). The van der Waals surface area contributed by atoms with Gasteiger partial charge in [0.1, 0.15) is 17.2 Å². The van der Waals surface area contributed by atoms with E-state index in [1.54, 1.807) is 16.7 Å². The molecule has 0 radical (unpaired) electrons. The van der Waals surface area contributed by atoms with Crippen LogP contribution in [0.5, 0.6) is 0 Å². The van der Waals surface area contributed by atoms with Crippen molar-refractivity contribution in [1.29, 1.82) is 0 Å². The molecule has 34 heavy (non-hydrogen) atoms. The number of amides is 1. The summed E-state index contributed by atoms with van der Waals surface area (Å²) in [6.07, 6.45) is -3.45. The molecular weight excluding hydrogens is 447 g/mol. The number of benzene rings is 1. The fraction of sp³-hybridized carbons (Fsp3) is 0.208. The molecule has 1 aliphatic rings. The summed E-state index contributed by atoms with van der Waals surface area (Å²) in [5.74, 6) is 0.196. The molecule has 0 saturated carbocycles. The van der Waals surface area contributed by atoms with Crippen LogP contribution in [0.1, 0.15) is 21.7 Å². The van der Waals surface area contributed by atoms with Gasteiger partial charge >= 0.3 is 6.18 Å². The minimum Gasteiger partial charge on any atom is -0.389 e. The Hall–Kier alpha value is -3.92. The number of fused-ring (bicyclic) bond motifs is 1. The molecule has 0 atom stereocenters. The number of pyridine rings is 2. The van der Waals surface area contributed by atoms with Gasteiger partial charge in [-0.25, -0.2) is 9.97 Å². The molecule has 4 heterocycles. The minimum atomic E-state index is -4.59. The van der Waals surface area contributed by atoms with E-state index >= 15 is 0 Å². The number of alkyl halides is 3. The Bertz CT molecular complexity index is 1330. The number of β-amino-alcohol motifs (C(OH)–C–C–N with tert-alkyl or cyclic N) is 1. The summed E-state index contributed by atoms with van der Waals surface area (Å²) >= 11 is 0. The maximum Gasteiger partial charge on any atom is 0.433 e. The molecule has 0 bridgehead atoms. The van der Waals surface area contributed by atoms with Gasteiger partial charge in [-0.2, -0.15) is 13.2 Å². The van der Waals surface area contributed by atoms with Gasteiger partial charge in [0.2, 0.25) is 0 Å². The largest absolute Gasteiger partial charge is 0.433 e. The fourth-order valence-corrected chi connectivity index (χ4v) is 3.91. The van der Waals surface area contributed by atoms with Gasteiger partial charge in [-0.3, -0.25) is 4.79 Å². The first-order valence-electron chi connectivity index (χ1n) is 10.6. The summed E-state index contributed by atoms with van der Waals surface area (Å²) < 4.78 is 41.2. The first kappa shape index (κ1) is 21.9. The molecule has 0 aliphatic carbocycles. The summed E-state index contributed by atoms with van der Waals surface area (Å²) in [4.78, 5) is 23.1. The van der Waals surface area contributed by atoms with Gasteiger partial charge in [-0.1, -0.05) is 30.3 Å². The lowest BCUT2D eigenvalue weighted by atomic mass is 10.2. The predicted molar refractivity (Wildman–Crippen MR) is 121 cm³/mol. The number of aliphatic hydroxyl groups is 1. The van der Waals surface area contributed by atoms with E-state index in [2.05, 4.69) is 15.3 Å². The lowest BCUT2D eigenvalue weighted by Crippen LogP contribution is -2.51. The SMILES string of the molecule is O=C(Nc1ccc(N2CC(O)C2)nc1)c1cc2nc(C(F)(F)F)ccc2n1Cc1ccccc1. The van der Waals surface area contributed by atoms with E-state index < -0.39 is 17.8 Å². The average molecular weight is 467 g/mol. The molecule has 174 valence electrons. The smallest absolute Gasteiger partial charge is 0.389 e. The molecular formula is C24H20F3N5O2. The first-order valence-corrected chi connectivity index (χ1v) is 10.6. The second-order valence-electron chi connectivity index (χ2n) is 8.12. The summed E-state index contributed by atoms with van der Waals surface area (Å²) in [7, 11) is 0. The van der Waals surface area contributed by atoms with Crippen molar-refractivity contribution in [2.45, 2.75) is 18.8 Å². The Morgan fingerprint density at radius 3 is 2.50 bits per heavy atom. The number of rotatable bonds is 5. The zero-order valence-corrected chi connectivity index (χ0v) is 17.8. The van der Waals surface area contributed by atoms with Gasteiger partial charge in [0.05, 0.1) is 29.0 Å². The quantitative estimate of drug-likeness (QED) is 0.465. The van der Waals surface area contributed by atoms with Crippen molar-refractivity contribution in [1.82, 2.24) is 14.5 Å². The number of hydrogen-bond acceptors (Lipinski definition) is 5. The third-order valence-corrected chi connectivity index (χ3v) is 5.66. The van der Waals surface area contributed by atoms with Crippen LogP contribution in [-0.4, -0.2) is 44.7 Å². The Kier molecular flexibility index (Phi) is 5.45. The lowest BCUT2D eigenvalue weighted by Gasteiger charge is -2.36. The Morgan fingerprint density at radius 1 is 1.09 bits per heavy atom.